The lowest BCUT2D eigenvalue weighted by molar-refractivity contribution is 0.309. The smallest absolute Gasteiger partial charge is 0.138 e. The zero-order valence-electron chi connectivity index (χ0n) is 7.07. The molecule has 1 aromatic rings. The summed E-state index contributed by atoms with van der Waals surface area (Å²) in [7, 11) is 0. The maximum absolute atomic E-state index is 9.56. The quantitative estimate of drug-likeness (QED) is 0.634. The van der Waals surface area contributed by atoms with Crippen LogP contribution in [0, 0.1) is 0 Å². The molecule has 0 aromatic heterocycles. The summed E-state index contributed by atoms with van der Waals surface area (Å²) >= 11 is 0. The SMILES string of the molecule is OC1=C(O)C2CC1c1ccccc12. The number of aliphatic hydroxyl groups is 2. The van der Waals surface area contributed by atoms with E-state index in [9.17, 15) is 10.2 Å². The molecular weight excluding hydrogens is 164 g/mol. The Labute approximate surface area is 76.1 Å². The monoisotopic (exact) mass is 174 g/mol. The van der Waals surface area contributed by atoms with Crippen molar-refractivity contribution in [2.24, 2.45) is 0 Å². The standard InChI is InChI=1S/C11H10O2/c12-10-8-5-9(11(10)13)7-4-2-1-3-6(7)8/h1-4,8-9,12-13H,5H2. The van der Waals surface area contributed by atoms with Crippen LogP contribution in [0.1, 0.15) is 29.4 Å². The molecule has 2 atom stereocenters. The largest absolute Gasteiger partial charge is 0.508 e. The molecule has 2 unspecified atom stereocenters. The molecule has 3 rings (SSSR count). The van der Waals surface area contributed by atoms with Crippen molar-refractivity contribution in [3.05, 3.63) is 46.9 Å². The van der Waals surface area contributed by atoms with E-state index in [-0.39, 0.29) is 23.4 Å². The maximum Gasteiger partial charge on any atom is 0.138 e. The number of hydrogen-bond acceptors (Lipinski definition) is 2. The Morgan fingerprint density at radius 2 is 1.38 bits per heavy atom. The van der Waals surface area contributed by atoms with Crippen LogP contribution in [0.4, 0.5) is 0 Å². The highest BCUT2D eigenvalue weighted by Gasteiger charge is 2.43. The van der Waals surface area contributed by atoms with Gasteiger partial charge >= 0.3 is 0 Å². The minimum Gasteiger partial charge on any atom is -0.508 e. The summed E-state index contributed by atoms with van der Waals surface area (Å²) in [6.07, 6.45) is 0.844. The lowest BCUT2D eigenvalue weighted by Crippen LogP contribution is -2.03. The predicted molar refractivity (Wildman–Crippen MR) is 48.8 cm³/mol. The Morgan fingerprint density at radius 3 is 1.85 bits per heavy atom. The van der Waals surface area contributed by atoms with Crippen LogP contribution in [0.25, 0.3) is 0 Å². The second kappa shape index (κ2) is 2.08. The van der Waals surface area contributed by atoms with Gasteiger partial charge in [0.15, 0.2) is 0 Å². The number of aliphatic hydroxyl groups excluding tert-OH is 2. The van der Waals surface area contributed by atoms with E-state index >= 15 is 0 Å². The van der Waals surface area contributed by atoms with E-state index in [4.69, 9.17) is 0 Å². The Bertz CT molecular complexity index is 369. The summed E-state index contributed by atoms with van der Waals surface area (Å²) < 4.78 is 0. The zero-order valence-corrected chi connectivity index (χ0v) is 7.07. The molecule has 2 nitrogen and oxygen atoms in total. The zero-order chi connectivity index (χ0) is 9.00. The van der Waals surface area contributed by atoms with Gasteiger partial charge < -0.3 is 10.2 Å². The Kier molecular flexibility index (Phi) is 1.12. The number of fused-ring (bicyclic) bond motifs is 5. The number of allylic oxidation sites excluding steroid dienone is 2. The topological polar surface area (TPSA) is 40.5 Å². The maximum atomic E-state index is 9.56. The summed E-state index contributed by atoms with van der Waals surface area (Å²) in [6, 6.07) is 8.01. The van der Waals surface area contributed by atoms with Crippen LogP contribution in [-0.4, -0.2) is 10.2 Å². The molecule has 2 heteroatoms. The second-order valence-corrected chi connectivity index (χ2v) is 3.74. The number of hydrogen-bond donors (Lipinski definition) is 2. The fourth-order valence-electron chi connectivity index (χ4n) is 2.51. The van der Waals surface area contributed by atoms with E-state index in [0.29, 0.717) is 0 Å². The molecule has 66 valence electrons. The van der Waals surface area contributed by atoms with Crippen molar-refractivity contribution in [1.82, 2.24) is 0 Å². The van der Waals surface area contributed by atoms with Crippen LogP contribution in [0.3, 0.4) is 0 Å². The minimum atomic E-state index is 0.0567. The summed E-state index contributed by atoms with van der Waals surface area (Å²) in [4.78, 5) is 0. The third-order valence-electron chi connectivity index (χ3n) is 3.14. The average Bonchev–Trinajstić information content (AvgIpc) is 2.66. The molecule has 1 aromatic carbocycles. The summed E-state index contributed by atoms with van der Waals surface area (Å²) in [5.41, 5.74) is 2.37. The molecule has 13 heavy (non-hydrogen) atoms. The first-order valence-electron chi connectivity index (χ1n) is 4.50. The molecule has 0 spiro atoms. The van der Waals surface area contributed by atoms with Gasteiger partial charge in [0.1, 0.15) is 11.5 Å². The summed E-state index contributed by atoms with van der Waals surface area (Å²) in [5, 5.41) is 19.1. The number of benzene rings is 1. The van der Waals surface area contributed by atoms with Gasteiger partial charge in [0.05, 0.1) is 0 Å². The van der Waals surface area contributed by atoms with E-state index in [1.807, 2.05) is 24.3 Å². The summed E-state index contributed by atoms with van der Waals surface area (Å²) in [5.74, 6) is 0.481. The van der Waals surface area contributed by atoms with Crippen LogP contribution < -0.4 is 0 Å². The van der Waals surface area contributed by atoms with Crippen LogP contribution in [0.2, 0.25) is 0 Å². The molecule has 0 aliphatic heterocycles. The van der Waals surface area contributed by atoms with Crippen molar-refractivity contribution >= 4 is 0 Å². The van der Waals surface area contributed by atoms with Crippen LogP contribution >= 0.6 is 0 Å². The van der Waals surface area contributed by atoms with Crippen LogP contribution in [0.15, 0.2) is 35.8 Å². The van der Waals surface area contributed by atoms with Gasteiger partial charge in [-0.1, -0.05) is 24.3 Å². The fourth-order valence-corrected chi connectivity index (χ4v) is 2.51. The average molecular weight is 174 g/mol. The van der Waals surface area contributed by atoms with Crippen LogP contribution in [-0.2, 0) is 0 Å². The molecule has 2 aliphatic carbocycles. The van der Waals surface area contributed by atoms with Crippen molar-refractivity contribution in [2.45, 2.75) is 18.3 Å². The highest BCUT2D eigenvalue weighted by atomic mass is 16.3. The third-order valence-corrected chi connectivity index (χ3v) is 3.14. The van der Waals surface area contributed by atoms with E-state index in [0.717, 1.165) is 6.42 Å². The van der Waals surface area contributed by atoms with Crippen molar-refractivity contribution in [1.29, 1.82) is 0 Å². The molecular formula is C11H10O2. The Balaban J connectivity index is 2.24. The molecule has 2 N–H and O–H groups in total. The lowest BCUT2D eigenvalue weighted by Gasteiger charge is -2.14. The normalized spacial score (nSPS) is 29.5. The summed E-state index contributed by atoms with van der Waals surface area (Å²) in [6.45, 7) is 0. The van der Waals surface area contributed by atoms with Crippen molar-refractivity contribution < 1.29 is 10.2 Å². The Hall–Kier alpha value is -1.44. The van der Waals surface area contributed by atoms with Crippen molar-refractivity contribution in [3.8, 4) is 0 Å². The highest BCUT2D eigenvalue weighted by molar-refractivity contribution is 5.50. The van der Waals surface area contributed by atoms with Gasteiger partial charge in [-0.2, -0.15) is 0 Å². The van der Waals surface area contributed by atoms with Gasteiger partial charge in [0.2, 0.25) is 0 Å². The third kappa shape index (κ3) is 0.687. The van der Waals surface area contributed by atoms with Crippen molar-refractivity contribution in [2.75, 3.05) is 0 Å². The van der Waals surface area contributed by atoms with Crippen LogP contribution in [0.5, 0.6) is 0 Å². The second-order valence-electron chi connectivity index (χ2n) is 3.74. The van der Waals surface area contributed by atoms with Crippen molar-refractivity contribution in [3.63, 3.8) is 0 Å². The van der Waals surface area contributed by atoms with Gasteiger partial charge in [-0.15, -0.1) is 0 Å². The lowest BCUT2D eigenvalue weighted by atomic mass is 9.95. The first-order chi connectivity index (χ1) is 6.29. The number of rotatable bonds is 0. The first kappa shape index (κ1) is 7.01. The first-order valence-corrected chi connectivity index (χ1v) is 4.50. The van der Waals surface area contributed by atoms with E-state index in [1.165, 1.54) is 11.1 Å². The molecule has 0 fully saturated rings. The van der Waals surface area contributed by atoms with Gasteiger partial charge in [-0.3, -0.25) is 0 Å². The van der Waals surface area contributed by atoms with Gasteiger partial charge in [-0.25, -0.2) is 0 Å². The molecule has 0 saturated carbocycles. The van der Waals surface area contributed by atoms with Gasteiger partial charge in [0, 0.05) is 11.8 Å². The highest BCUT2D eigenvalue weighted by Crippen LogP contribution is 2.54. The van der Waals surface area contributed by atoms with E-state index in [2.05, 4.69) is 0 Å². The van der Waals surface area contributed by atoms with E-state index in [1.54, 1.807) is 0 Å². The van der Waals surface area contributed by atoms with Gasteiger partial charge in [-0.05, 0) is 17.5 Å². The molecule has 0 heterocycles. The minimum absolute atomic E-state index is 0.0567. The van der Waals surface area contributed by atoms with E-state index < -0.39 is 0 Å². The molecule has 2 bridgehead atoms. The molecule has 0 saturated heterocycles. The Morgan fingerprint density at radius 1 is 0.923 bits per heavy atom. The predicted octanol–water partition coefficient (Wildman–Crippen LogP) is 2.60. The van der Waals surface area contributed by atoms with Gasteiger partial charge in [0.25, 0.3) is 0 Å². The molecule has 2 aliphatic rings. The fraction of sp³-hybridized carbons (Fsp3) is 0.273. The molecule has 0 amide bonds. The molecule has 0 radical (unpaired) electrons.